The fraction of sp³-hybridized carbons (Fsp3) is 0.214. The van der Waals surface area contributed by atoms with Crippen molar-refractivity contribution >= 4 is 22.9 Å². The Labute approximate surface area is 111 Å². The number of rotatable bonds is 4. The van der Waals surface area contributed by atoms with Crippen LogP contribution in [0.4, 0.5) is 5.69 Å². The van der Waals surface area contributed by atoms with Gasteiger partial charge in [0.1, 0.15) is 0 Å². The lowest BCUT2D eigenvalue weighted by molar-refractivity contribution is 0.103. The maximum atomic E-state index is 12.0. The summed E-state index contributed by atoms with van der Waals surface area (Å²) in [6.45, 7) is 2.56. The van der Waals surface area contributed by atoms with Crippen LogP contribution in [0, 0.1) is 0 Å². The highest BCUT2D eigenvalue weighted by molar-refractivity contribution is 7.14. The van der Waals surface area contributed by atoms with Gasteiger partial charge in [0.2, 0.25) is 0 Å². The summed E-state index contributed by atoms with van der Waals surface area (Å²) in [6, 6.07) is 11.5. The largest absolute Gasteiger partial charge is 0.326 e. The number of nitrogens with one attached hydrogen (secondary N) is 1. The molecule has 4 heteroatoms. The van der Waals surface area contributed by atoms with E-state index in [2.05, 4.69) is 12.2 Å². The van der Waals surface area contributed by atoms with E-state index in [1.807, 2.05) is 36.4 Å². The molecule has 1 aromatic carbocycles. The molecule has 2 aromatic rings. The van der Waals surface area contributed by atoms with Crippen molar-refractivity contribution in [2.24, 2.45) is 5.73 Å². The van der Waals surface area contributed by atoms with Gasteiger partial charge in [-0.1, -0.05) is 19.1 Å². The number of thiophene rings is 1. The molecule has 0 fully saturated rings. The molecule has 1 heterocycles. The van der Waals surface area contributed by atoms with Crippen LogP contribution >= 0.6 is 11.3 Å². The Kier molecular flexibility index (Phi) is 4.12. The molecule has 1 amide bonds. The van der Waals surface area contributed by atoms with Crippen molar-refractivity contribution in [1.29, 1.82) is 0 Å². The zero-order chi connectivity index (χ0) is 13.0. The second kappa shape index (κ2) is 5.80. The molecule has 3 nitrogen and oxygen atoms in total. The van der Waals surface area contributed by atoms with Gasteiger partial charge >= 0.3 is 0 Å². The quantitative estimate of drug-likeness (QED) is 0.887. The lowest BCUT2D eigenvalue weighted by atomic mass is 10.2. The highest BCUT2D eigenvalue weighted by Gasteiger charge is 2.09. The number of amides is 1. The van der Waals surface area contributed by atoms with E-state index in [4.69, 9.17) is 5.73 Å². The van der Waals surface area contributed by atoms with Crippen LogP contribution in [-0.2, 0) is 13.0 Å². The first-order chi connectivity index (χ1) is 8.72. The van der Waals surface area contributed by atoms with Crippen LogP contribution in [0.2, 0.25) is 0 Å². The number of hydrogen-bond acceptors (Lipinski definition) is 3. The highest BCUT2D eigenvalue weighted by atomic mass is 32.1. The Morgan fingerprint density at radius 2 is 2.17 bits per heavy atom. The molecule has 0 aliphatic heterocycles. The van der Waals surface area contributed by atoms with Gasteiger partial charge in [0.15, 0.2) is 0 Å². The topological polar surface area (TPSA) is 55.1 Å². The van der Waals surface area contributed by atoms with Gasteiger partial charge in [-0.3, -0.25) is 4.79 Å². The van der Waals surface area contributed by atoms with Crippen molar-refractivity contribution in [1.82, 2.24) is 0 Å². The van der Waals surface area contributed by atoms with Crippen molar-refractivity contribution in [3.05, 3.63) is 51.7 Å². The summed E-state index contributed by atoms with van der Waals surface area (Å²) in [7, 11) is 0. The zero-order valence-electron chi connectivity index (χ0n) is 10.3. The normalized spacial score (nSPS) is 10.3. The summed E-state index contributed by atoms with van der Waals surface area (Å²) < 4.78 is 0. The SMILES string of the molecule is CCc1ccc(C(=O)Nc2cccc(CN)c2)s1. The van der Waals surface area contributed by atoms with Crippen molar-refractivity contribution in [2.75, 3.05) is 5.32 Å². The van der Waals surface area contributed by atoms with Gasteiger partial charge in [-0.2, -0.15) is 0 Å². The number of benzene rings is 1. The third-order valence-corrected chi connectivity index (χ3v) is 3.88. The second-order valence-electron chi connectivity index (χ2n) is 3.98. The smallest absolute Gasteiger partial charge is 0.265 e. The molecule has 2 rings (SSSR count). The Bertz CT molecular complexity index is 548. The van der Waals surface area contributed by atoms with Gasteiger partial charge < -0.3 is 11.1 Å². The van der Waals surface area contributed by atoms with Crippen molar-refractivity contribution in [3.63, 3.8) is 0 Å². The van der Waals surface area contributed by atoms with E-state index in [0.717, 1.165) is 22.5 Å². The molecule has 3 N–H and O–H groups in total. The fourth-order valence-electron chi connectivity index (χ4n) is 1.66. The second-order valence-corrected chi connectivity index (χ2v) is 5.15. The minimum absolute atomic E-state index is 0.0612. The highest BCUT2D eigenvalue weighted by Crippen LogP contribution is 2.19. The minimum atomic E-state index is -0.0612. The van der Waals surface area contributed by atoms with Crippen LogP contribution in [0.25, 0.3) is 0 Å². The van der Waals surface area contributed by atoms with Crippen LogP contribution in [0.3, 0.4) is 0 Å². The minimum Gasteiger partial charge on any atom is -0.326 e. The average molecular weight is 260 g/mol. The molecule has 0 saturated carbocycles. The van der Waals surface area contributed by atoms with Crippen LogP contribution < -0.4 is 11.1 Å². The summed E-state index contributed by atoms with van der Waals surface area (Å²) in [5.41, 5.74) is 7.37. The molecule has 0 aliphatic carbocycles. The van der Waals surface area contributed by atoms with E-state index in [9.17, 15) is 4.79 Å². The van der Waals surface area contributed by atoms with Crippen LogP contribution in [-0.4, -0.2) is 5.91 Å². The van der Waals surface area contributed by atoms with Crippen LogP contribution in [0.15, 0.2) is 36.4 Å². The summed E-state index contributed by atoms with van der Waals surface area (Å²) in [4.78, 5) is 14.0. The van der Waals surface area contributed by atoms with Crippen molar-refractivity contribution in [3.8, 4) is 0 Å². The molecule has 0 aliphatic rings. The molecule has 0 saturated heterocycles. The molecule has 0 atom stereocenters. The molecule has 0 radical (unpaired) electrons. The fourth-order valence-corrected chi connectivity index (χ4v) is 2.50. The van der Waals surface area contributed by atoms with Gasteiger partial charge in [-0.15, -0.1) is 11.3 Å². The standard InChI is InChI=1S/C14H16N2OS/c1-2-12-6-7-13(18-12)14(17)16-11-5-3-4-10(8-11)9-15/h3-8H,2,9,15H2,1H3,(H,16,17). The molecule has 0 bridgehead atoms. The number of hydrogen-bond donors (Lipinski definition) is 2. The van der Waals surface area contributed by atoms with Crippen molar-refractivity contribution < 1.29 is 4.79 Å². The number of aryl methyl sites for hydroxylation is 1. The number of carbonyl (C=O) groups excluding carboxylic acids is 1. The third-order valence-electron chi connectivity index (χ3n) is 2.65. The maximum absolute atomic E-state index is 12.0. The Morgan fingerprint density at radius 3 is 2.83 bits per heavy atom. The van der Waals surface area contributed by atoms with E-state index in [1.54, 1.807) is 0 Å². The van der Waals surface area contributed by atoms with Gasteiger partial charge in [0.05, 0.1) is 4.88 Å². The third kappa shape index (κ3) is 2.97. The van der Waals surface area contributed by atoms with Gasteiger partial charge in [-0.25, -0.2) is 0 Å². The van der Waals surface area contributed by atoms with Crippen LogP contribution in [0.5, 0.6) is 0 Å². The molecule has 0 unspecified atom stereocenters. The van der Waals surface area contributed by atoms with E-state index in [1.165, 1.54) is 16.2 Å². The monoisotopic (exact) mass is 260 g/mol. The Balaban J connectivity index is 2.10. The predicted octanol–water partition coefficient (Wildman–Crippen LogP) is 3.02. The summed E-state index contributed by atoms with van der Waals surface area (Å²) in [5.74, 6) is -0.0612. The Hall–Kier alpha value is -1.65. The maximum Gasteiger partial charge on any atom is 0.265 e. The lowest BCUT2D eigenvalue weighted by Crippen LogP contribution is -2.10. The number of nitrogens with two attached hydrogens (primary N) is 1. The van der Waals surface area contributed by atoms with E-state index in [-0.39, 0.29) is 5.91 Å². The summed E-state index contributed by atoms with van der Waals surface area (Å²) in [6.07, 6.45) is 0.959. The first kappa shape index (κ1) is 12.8. The predicted molar refractivity (Wildman–Crippen MR) is 76.0 cm³/mol. The van der Waals surface area contributed by atoms with Gasteiger partial charge in [0, 0.05) is 17.1 Å². The summed E-state index contributed by atoms with van der Waals surface area (Å²) in [5, 5.41) is 2.89. The lowest BCUT2D eigenvalue weighted by Gasteiger charge is -2.05. The summed E-state index contributed by atoms with van der Waals surface area (Å²) >= 11 is 1.53. The van der Waals surface area contributed by atoms with E-state index in [0.29, 0.717) is 6.54 Å². The number of anilines is 1. The average Bonchev–Trinajstić information content (AvgIpc) is 2.88. The molecule has 0 spiro atoms. The van der Waals surface area contributed by atoms with Crippen LogP contribution in [0.1, 0.15) is 27.0 Å². The van der Waals surface area contributed by atoms with E-state index >= 15 is 0 Å². The zero-order valence-corrected chi connectivity index (χ0v) is 11.1. The molecule has 18 heavy (non-hydrogen) atoms. The van der Waals surface area contributed by atoms with E-state index < -0.39 is 0 Å². The van der Waals surface area contributed by atoms with Gasteiger partial charge in [-0.05, 0) is 36.2 Å². The van der Waals surface area contributed by atoms with Gasteiger partial charge in [0.25, 0.3) is 5.91 Å². The molecular formula is C14H16N2OS. The Morgan fingerprint density at radius 1 is 1.33 bits per heavy atom. The molecular weight excluding hydrogens is 244 g/mol. The van der Waals surface area contributed by atoms with Crippen molar-refractivity contribution in [2.45, 2.75) is 19.9 Å². The molecule has 94 valence electrons. The first-order valence-corrected chi connectivity index (χ1v) is 6.73. The molecule has 1 aromatic heterocycles. The first-order valence-electron chi connectivity index (χ1n) is 5.92. The number of carbonyl (C=O) groups is 1.